The van der Waals surface area contributed by atoms with Crippen LogP contribution in [0.1, 0.15) is 10.4 Å². The number of rotatable bonds is 3. The number of carbonyl (C=O) groups is 1. The minimum absolute atomic E-state index is 0.203. The van der Waals surface area contributed by atoms with E-state index >= 15 is 0 Å². The summed E-state index contributed by atoms with van der Waals surface area (Å²) in [6.45, 7) is 0. The lowest BCUT2D eigenvalue weighted by molar-refractivity contribution is 0.0962. The van der Waals surface area contributed by atoms with Gasteiger partial charge in [-0.15, -0.1) is 0 Å². The molecule has 0 radical (unpaired) electrons. The molecule has 25 heavy (non-hydrogen) atoms. The summed E-state index contributed by atoms with van der Waals surface area (Å²) in [5.74, 6) is -0.203. The van der Waals surface area contributed by atoms with E-state index in [-0.39, 0.29) is 5.91 Å². The summed E-state index contributed by atoms with van der Waals surface area (Å²) in [4.78, 5) is 17.1. The van der Waals surface area contributed by atoms with Gasteiger partial charge < -0.3 is 0 Å². The Morgan fingerprint density at radius 2 is 1.48 bits per heavy atom. The standard InChI is InChI=1S/C20H14BrN3O/c21-14-7-5-6-13(12-14)20(25)24-23-19-15-8-1-3-10-17(15)22-18-11-4-2-9-16(18)19/h1-12H,(H,22,23)(H,24,25). The molecule has 0 aliphatic carbocycles. The normalized spacial score (nSPS) is 10.8. The summed E-state index contributed by atoms with van der Waals surface area (Å²) in [6, 6.07) is 23.0. The lowest BCUT2D eigenvalue weighted by Crippen LogP contribution is -2.29. The number of nitrogens with zero attached hydrogens (tertiary/aromatic N) is 1. The van der Waals surface area contributed by atoms with E-state index in [1.165, 1.54) is 0 Å². The van der Waals surface area contributed by atoms with Gasteiger partial charge in [0, 0.05) is 20.8 Å². The number of amides is 1. The van der Waals surface area contributed by atoms with Crippen molar-refractivity contribution >= 4 is 49.3 Å². The number of para-hydroxylation sites is 2. The molecule has 0 saturated heterocycles. The van der Waals surface area contributed by atoms with Crippen molar-refractivity contribution in [3.63, 3.8) is 0 Å². The molecule has 4 aromatic rings. The predicted molar refractivity (Wildman–Crippen MR) is 104 cm³/mol. The Hall–Kier alpha value is -2.92. The van der Waals surface area contributed by atoms with Gasteiger partial charge in [-0.1, -0.05) is 58.4 Å². The third-order valence-corrected chi connectivity index (χ3v) is 4.47. The minimum atomic E-state index is -0.203. The predicted octanol–water partition coefficient (Wildman–Crippen LogP) is 4.91. The maximum Gasteiger partial charge on any atom is 0.269 e. The number of nitrogens with one attached hydrogen (secondary N) is 2. The molecule has 0 fully saturated rings. The first-order valence-electron chi connectivity index (χ1n) is 7.82. The number of benzene rings is 3. The van der Waals surface area contributed by atoms with E-state index < -0.39 is 0 Å². The lowest BCUT2D eigenvalue weighted by atomic mass is 10.1. The SMILES string of the molecule is O=C(NNc1c2ccccc2nc2ccccc12)c1cccc(Br)c1. The Kier molecular flexibility index (Phi) is 4.07. The van der Waals surface area contributed by atoms with Crippen LogP contribution in [0.4, 0.5) is 5.69 Å². The number of hydrogen-bond donors (Lipinski definition) is 2. The van der Waals surface area contributed by atoms with Crippen LogP contribution in [-0.4, -0.2) is 10.9 Å². The van der Waals surface area contributed by atoms with E-state index in [0.29, 0.717) is 5.56 Å². The van der Waals surface area contributed by atoms with Gasteiger partial charge in [0.15, 0.2) is 0 Å². The highest BCUT2D eigenvalue weighted by Gasteiger charge is 2.10. The lowest BCUT2D eigenvalue weighted by Gasteiger charge is -2.14. The van der Waals surface area contributed by atoms with Gasteiger partial charge >= 0.3 is 0 Å². The molecule has 0 unspecified atom stereocenters. The fraction of sp³-hybridized carbons (Fsp3) is 0. The number of fused-ring (bicyclic) bond motifs is 2. The molecule has 0 saturated carbocycles. The summed E-state index contributed by atoms with van der Waals surface area (Å²) in [7, 11) is 0. The fourth-order valence-electron chi connectivity index (χ4n) is 2.80. The van der Waals surface area contributed by atoms with Gasteiger partial charge in [0.25, 0.3) is 5.91 Å². The van der Waals surface area contributed by atoms with Crippen LogP contribution >= 0.6 is 15.9 Å². The first-order valence-corrected chi connectivity index (χ1v) is 8.61. The first kappa shape index (κ1) is 15.6. The minimum Gasteiger partial charge on any atom is -0.297 e. The Bertz CT molecular complexity index is 1040. The van der Waals surface area contributed by atoms with E-state index in [4.69, 9.17) is 0 Å². The van der Waals surface area contributed by atoms with Crippen molar-refractivity contribution in [2.45, 2.75) is 0 Å². The van der Waals surface area contributed by atoms with Gasteiger partial charge in [0.05, 0.1) is 16.7 Å². The molecular formula is C20H14BrN3O. The fourth-order valence-corrected chi connectivity index (χ4v) is 3.19. The second-order valence-corrected chi connectivity index (χ2v) is 6.53. The number of hydrazine groups is 1. The number of carbonyl (C=O) groups excluding carboxylic acids is 1. The van der Waals surface area contributed by atoms with Crippen LogP contribution in [0.2, 0.25) is 0 Å². The molecule has 2 N–H and O–H groups in total. The summed E-state index contributed by atoms with van der Waals surface area (Å²) in [5, 5.41) is 1.91. The maximum atomic E-state index is 12.4. The zero-order chi connectivity index (χ0) is 17.2. The van der Waals surface area contributed by atoms with Gasteiger partial charge in [0.2, 0.25) is 0 Å². The maximum absolute atomic E-state index is 12.4. The second-order valence-electron chi connectivity index (χ2n) is 5.61. The number of hydrogen-bond acceptors (Lipinski definition) is 3. The van der Waals surface area contributed by atoms with E-state index in [1.54, 1.807) is 12.1 Å². The van der Waals surface area contributed by atoms with E-state index in [9.17, 15) is 4.79 Å². The quantitative estimate of drug-likeness (QED) is 0.385. The summed E-state index contributed by atoms with van der Waals surface area (Å²) in [5.41, 5.74) is 9.04. The highest BCUT2D eigenvalue weighted by Crippen LogP contribution is 2.30. The monoisotopic (exact) mass is 391 g/mol. The van der Waals surface area contributed by atoms with Crippen molar-refractivity contribution < 1.29 is 4.79 Å². The Balaban J connectivity index is 1.73. The third-order valence-electron chi connectivity index (χ3n) is 3.98. The molecule has 5 heteroatoms. The van der Waals surface area contributed by atoms with Crippen LogP contribution in [0.25, 0.3) is 21.8 Å². The van der Waals surface area contributed by atoms with Gasteiger partial charge in [-0.05, 0) is 30.3 Å². The van der Waals surface area contributed by atoms with Gasteiger partial charge in [0.1, 0.15) is 0 Å². The van der Waals surface area contributed by atoms with Crippen molar-refractivity contribution in [3.05, 3.63) is 82.8 Å². The van der Waals surface area contributed by atoms with Crippen molar-refractivity contribution in [3.8, 4) is 0 Å². The molecule has 0 spiro atoms. The van der Waals surface area contributed by atoms with Crippen LogP contribution in [0.3, 0.4) is 0 Å². The summed E-state index contributed by atoms with van der Waals surface area (Å²) < 4.78 is 0.861. The Morgan fingerprint density at radius 1 is 0.840 bits per heavy atom. The number of aromatic nitrogens is 1. The highest BCUT2D eigenvalue weighted by atomic mass is 79.9. The smallest absolute Gasteiger partial charge is 0.269 e. The Labute approximate surface area is 153 Å². The first-order chi connectivity index (χ1) is 12.2. The summed E-state index contributed by atoms with van der Waals surface area (Å²) >= 11 is 3.38. The van der Waals surface area contributed by atoms with Gasteiger partial charge in [-0.2, -0.15) is 0 Å². The topological polar surface area (TPSA) is 54.0 Å². The van der Waals surface area contributed by atoms with Crippen molar-refractivity contribution in [2.24, 2.45) is 0 Å². The van der Waals surface area contributed by atoms with Crippen LogP contribution in [0, 0.1) is 0 Å². The second kappa shape index (κ2) is 6.53. The average molecular weight is 392 g/mol. The molecule has 1 heterocycles. The van der Waals surface area contributed by atoms with Crippen molar-refractivity contribution in [2.75, 3.05) is 5.43 Å². The number of pyridine rings is 1. The van der Waals surface area contributed by atoms with Crippen LogP contribution in [0.15, 0.2) is 77.3 Å². The van der Waals surface area contributed by atoms with Crippen LogP contribution in [0.5, 0.6) is 0 Å². The van der Waals surface area contributed by atoms with E-state index in [1.807, 2.05) is 60.7 Å². The molecule has 0 bridgehead atoms. The molecule has 4 nitrogen and oxygen atoms in total. The highest BCUT2D eigenvalue weighted by molar-refractivity contribution is 9.10. The zero-order valence-corrected chi connectivity index (χ0v) is 14.7. The summed E-state index contributed by atoms with van der Waals surface area (Å²) in [6.07, 6.45) is 0. The average Bonchev–Trinajstić information content (AvgIpc) is 2.65. The van der Waals surface area contributed by atoms with Crippen LogP contribution in [-0.2, 0) is 0 Å². The molecule has 0 atom stereocenters. The number of anilines is 1. The molecule has 1 amide bonds. The van der Waals surface area contributed by atoms with E-state index in [0.717, 1.165) is 32.0 Å². The van der Waals surface area contributed by atoms with Crippen molar-refractivity contribution in [1.82, 2.24) is 10.4 Å². The molecule has 0 aliphatic heterocycles. The molecular weight excluding hydrogens is 378 g/mol. The molecule has 122 valence electrons. The third kappa shape index (κ3) is 3.06. The molecule has 0 aliphatic rings. The zero-order valence-electron chi connectivity index (χ0n) is 13.2. The van der Waals surface area contributed by atoms with Gasteiger partial charge in [-0.25, -0.2) is 4.98 Å². The van der Waals surface area contributed by atoms with E-state index in [2.05, 4.69) is 31.8 Å². The molecule has 1 aromatic heterocycles. The largest absolute Gasteiger partial charge is 0.297 e. The van der Waals surface area contributed by atoms with Crippen molar-refractivity contribution in [1.29, 1.82) is 0 Å². The Morgan fingerprint density at radius 3 is 2.12 bits per heavy atom. The number of halogens is 1. The van der Waals surface area contributed by atoms with Crippen LogP contribution < -0.4 is 10.9 Å². The molecule has 3 aromatic carbocycles. The van der Waals surface area contributed by atoms with Gasteiger partial charge in [-0.3, -0.25) is 15.6 Å². The molecule has 4 rings (SSSR count).